The molecule has 18 heavy (non-hydrogen) atoms. The van der Waals surface area contributed by atoms with Gasteiger partial charge in [-0.2, -0.15) is 0 Å². The lowest BCUT2D eigenvalue weighted by Gasteiger charge is -2.10. The summed E-state index contributed by atoms with van der Waals surface area (Å²) in [7, 11) is 0. The normalized spacial score (nSPS) is 11.5. The summed E-state index contributed by atoms with van der Waals surface area (Å²) >= 11 is 12.2. The van der Waals surface area contributed by atoms with Gasteiger partial charge in [0, 0.05) is 0 Å². The summed E-state index contributed by atoms with van der Waals surface area (Å²) in [5.41, 5.74) is 3.80. The molecule has 94 valence electrons. The van der Waals surface area contributed by atoms with Gasteiger partial charge in [0.25, 0.3) is 0 Å². The molecular weight excluding hydrogens is 279 g/mol. The summed E-state index contributed by atoms with van der Waals surface area (Å²) in [6.45, 7) is -0.00637. The van der Waals surface area contributed by atoms with Gasteiger partial charge in [-0.25, -0.2) is 0 Å². The van der Waals surface area contributed by atoms with Crippen molar-refractivity contribution in [1.29, 1.82) is 0 Å². The first-order valence-corrected chi connectivity index (χ1v) is 10.8. The maximum Gasteiger partial charge on any atom is 0.248 e. The maximum atomic E-state index is 6.11. The minimum Gasteiger partial charge on any atom is -0.146 e. The van der Waals surface area contributed by atoms with E-state index in [1.165, 1.54) is 16.7 Å². The minimum absolute atomic E-state index is 0.904. The van der Waals surface area contributed by atoms with Gasteiger partial charge >= 0.3 is 0 Å². The second-order valence-corrected chi connectivity index (χ2v) is 12.9. The average molecular weight is 295 g/mol. The summed E-state index contributed by atoms with van der Waals surface area (Å²) in [5.74, 6) is 0. The van der Waals surface area contributed by atoms with Gasteiger partial charge in [0.15, 0.2) is 0 Å². The molecule has 0 aliphatic carbocycles. The second kappa shape index (κ2) is 5.92. The fourth-order valence-electron chi connectivity index (χ4n) is 1.86. The van der Waals surface area contributed by atoms with Gasteiger partial charge in [0.2, 0.25) is 6.69 Å². The molecule has 0 heterocycles. The first-order chi connectivity index (χ1) is 8.54. The van der Waals surface area contributed by atoms with Crippen LogP contribution in [0.3, 0.4) is 0 Å². The predicted octanol–water partition coefficient (Wildman–Crippen LogP) is 5.45. The van der Waals surface area contributed by atoms with Crippen LogP contribution in [0.2, 0.25) is 12.6 Å². The molecule has 0 aliphatic heterocycles. The maximum absolute atomic E-state index is 6.11. The van der Waals surface area contributed by atoms with Crippen LogP contribution >= 0.6 is 22.2 Å². The van der Waals surface area contributed by atoms with Crippen LogP contribution in [0.5, 0.6) is 0 Å². The van der Waals surface area contributed by atoms with Gasteiger partial charge in [0.1, 0.15) is 0 Å². The molecule has 0 aliphatic rings. The zero-order valence-corrected chi connectivity index (χ0v) is 12.9. The predicted molar refractivity (Wildman–Crippen MR) is 83.7 cm³/mol. The van der Waals surface area contributed by atoms with Crippen molar-refractivity contribution < 1.29 is 0 Å². The number of hydrogen-bond acceptors (Lipinski definition) is 0. The smallest absolute Gasteiger partial charge is 0.146 e. The quantitative estimate of drug-likeness (QED) is 0.520. The van der Waals surface area contributed by atoms with E-state index in [9.17, 15) is 0 Å². The number of benzene rings is 2. The van der Waals surface area contributed by atoms with Crippen molar-refractivity contribution in [3.8, 4) is 11.1 Å². The molecule has 0 N–H and O–H groups in total. The van der Waals surface area contributed by atoms with Gasteiger partial charge in [-0.15, -0.1) is 22.2 Å². The highest BCUT2D eigenvalue weighted by atomic mass is 35.7. The van der Waals surface area contributed by atoms with Gasteiger partial charge in [0.05, 0.1) is 0 Å². The van der Waals surface area contributed by atoms with Crippen LogP contribution in [0.25, 0.3) is 11.1 Å². The Hall–Kier alpha value is -0.763. The highest BCUT2D eigenvalue weighted by molar-refractivity contribution is 7.44. The lowest BCUT2D eigenvalue weighted by molar-refractivity contribution is 1.12. The van der Waals surface area contributed by atoms with E-state index in [2.05, 4.69) is 48.5 Å². The number of halogens is 2. The SMILES string of the molecule is C[Si](Cl)(Cl)CCc1ccc(-c2ccccc2)cc1. The number of rotatable bonds is 4. The second-order valence-electron chi connectivity index (χ2n) is 4.63. The molecule has 0 unspecified atom stereocenters. The fraction of sp³-hybridized carbons (Fsp3) is 0.200. The highest BCUT2D eigenvalue weighted by Gasteiger charge is 2.19. The molecule has 0 nitrogen and oxygen atoms in total. The van der Waals surface area contributed by atoms with Gasteiger partial charge in [-0.05, 0) is 35.7 Å². The molecule has 2 aromatic carbocycles. The van der Waals surface area contributed by atoms with Crippen molar-refractivity contribution in [2.45, 2.75) is 19.0 Å². The number of aryl methyl sites for hydroxylation is 1. The van der Waals surface area contributed by atoms with E-state index >= 15 is 0 Å². The van der Waals surface area contributed by atoms with E-state index in [1.54, 1.807) is 0 Å². The van der Waals surface area contributed by atoms with Crippen LogP contribution < -0.4 is 0 Å². The first kappa shape index (κ1) is 13.7. The Morgan fingerprint density at radius 2 is 1.39 bits per heavy atom. The summed E-state index contributed by atoms with van der Waals surface area (Å²) in [6, 6.07) is 19.9. The van der Waals surface area contributed by atoms with Gasteiger partial charge in [-0.3, -0.25) is 0 Å². The largest absolute Gasteiger partial charge is 0.248 e. The van der Waals surface area contributed by atoms with Crippen LogP contribution in [0.15, 0.2) is 54.6 Å². The Kier molecular flexibility index (Phi) is 4.49. The zero-order valence-electron chi connectivity index (χ0n) is 10.4. The lowest BCUT2D eigenvalue weighted by Crippen LogP contribution is -2.13. The van der Waals surface area contributed by atoms with E-state index < -0.39 is 6.69 Å². The summed E-state index contributed by atoms with van der Waals surface area (Å²) in [5, 5.41) is 0. The van der Waals surface area contributed by atoms with E-state index in [4.69, 9.17) is 22.2 Å². The standard InChI is InChI=1S/C15H16Cl2Si/c1-18(16,17)12-11-13-7-9-15(10-8-13)14-5-3-2-4-6-14/h2-10H,11-12H2,1H3. The van der Waals surface area contributed by atoms with Gasteiger partial charge < -0.3 is 0 Å². The molecule has 0 radical (unpaired) electrons. The monoisotopic (exact) mass is 294 g/mol. The Morgan fingerprint density at radius 1 is 0.833 bits per heavy atom. The molecule has 0 saturated carbocycles. The van der Waals surface area contributed by atoms with Crippen LogP contribution in [0.4, 0.5) is 0 Å². The Bertz CT molecular complexity index is 486. The van der Waals surface area contributed by atoms with Crippen molar-refractivity contribution in [2.24, 2.45) is 0 Å². The topological polar surface area (TPSA) is 0 Å². The summed E-state index contributed by atoms with van der Waals surface area (Å²) < 4.78 is 0. The third kappa shape index (κ3) is 4.16. The van der Waals surface area contributed by atoms with Crippen molar-refractivity contribution in [2.75, 3.05) is 0 Å². The molecular formula is C15H16Cl2Si. The van der Waals surface area contributed by atoms with Crippen LogP contribution in [-0.2, 0) is 6.42 Å². The van der Waals surface area contributed by atoms with Crippen molar-refractivity contribution >= 4 is 28.9 Å². The molecule has 2 rings (SSSR count). The molecule has 0 bridgehead atoms. The Morgan fingerprint density at radius 3 is 1.94 bits per heavy atom. The highest BCUT2D eigenvalue weighted by Crippen LogP contribution is 2.24. The summed E-state index contributed by atoms with van der Waals surface area (Å²) in [6.07, 6.45) is 0.963. The van der Waals surface area contributed by atoms with Crippen molar-refractivity contribution in [3.63, 3.8) is 0 Å². The molecule has 0 aromatic heterocycles. The number of hydrogen-bond donors (Lipinski definition) is 0. The van der Waals surface area contributed by atoms with Crippen LogP contribution in [0, 0.1) is 0 Å². The molecule has 2 aromatic rings. The van der Waals surface area contributed by atoms with Crippen LogP contribution in [-0.4, -0.2) is 6.69 Å². The molecule has 0 atom stereocenters. The molecule has 3 heteroatoms. The zero-order chi connectivity index (χ0) is 13.0. The fourth-order valence-corrected chi connectivity index (χ4v) is 3.15. The average Bonchev–Trinajstić information content (AvgIpc) is 2.37. The van der Waals surface area contributed by atoms with E-state index in [0.717, 1.165) is 12.5 Å². The lowest BCUT2D eigenvalue weighted by atomic mass is 10.0. The molecule has 0 fully saturated rings. The van der Waals surface area contributed by atoms with Crippen LogP contribution in [0.1, 0.15) is 5.56 Å². The third-order valence-corrected chi connectivity index (χ3v) is 5.18. The minimum atomic E-state index is -1.97. The van der Waals surface area contributed by atoms with Crippen molar-refractivity contribution in [1.82, 2.24) is 0 Å². The Balaban J connectivity index is 2.07. The van der Waals surface area contributed by atoms with E-state index in [0.29, 0.717) is 0 Å². The molecule has 0 saturated heterocycles. The molecule has 0 spiro atoms. The van der Waals surface area contributed by atoms with Gasteiger partial charge in [-0.1, -0.05) is 54.6 Å². The molecule has 0 amide bonds. The van der Waals surface area contributed by atoms with Crippen molar-refractivity contribution in [3.05, 3.63) is 60.2 Å². The van der Waals surface area contributed by atoms with E-state index in [1.807, 2.05) is 12.6 Å². The van der Waals surface area contributed by atoms with E-state index in [-0.39, 0.29) is 0 Å². The first-order valence-electron chi connectivity index (χ1n) is 6.07. The summed E-state index contributed by atoms with van der Waals surface area (Å²) in [4.78, 5) is 0. The Labute approximate surface area is 119 Å². The third-order valence-electron chi connectivity index (χ3n) is 2.91.